The molecule has 7 heteroatoms. The van der Waals surface area contributed by atoms with Crippen LogP contribution in [-0.2, 0) is 42.1 Å². The molecule has 28 heavy (non-hydrogen) atoms. The molecule has 2 aliphatic heterocycles. The number of carbonyl (C=O) groups excluding carboxylic acids is 1. The molecule has 3 heterocycles. The van der Waals surface area contributed by atoms with Crippen LogP contribution in [0.15, 0.2) is 24.3 Å². The normalized spacial score (nSPS) is 17.6. The number of nitrogens with zero attached hydrogens (tertiary/aromatic N) is 4. The van der Waals surface area contributed by atoms with Crippen molar-refractivity contribution in [3.05, 3.63) is 52.6 Å². The van der Waals surface area contributed by atoms with Crippen LogP contribution in [0, 0.1) is 5.82 Å². The molecule has 0 aliphatic carbocycles. The Labute approximate surface area is 164 Å². The van der Waals surface area contributed by atoms with Crippen molar-refractivity contribution in [2.45, 2.75) is 39.5 Å². The maximum atomic E-state index is 13.0. The fourth-order valence-corrected chi connectivity index (χ4v) is 4.02. The number of ether oxygens (including phenoxy) is 1. The summed E-state index contributed by atoms with van der Waals surface area (Å²) in [6, 6.07) is 6.16. The van der Waals surface area contributed by atoms with Crippen molar-refractivity contribution in [3.8, 4) is 0 Å². The number of fused-ring (bicyclic) bond motifs is 1. The summed E-state index contributed by atoms with van der Waals surface area (Å²) >= 11 is 0. The van der Waals surface area contributed by atoms with Gasteiger partial charge in [0, 0.05) is 56.9 Å². The highest BCUT2D eigenvalue weighted by Crippen LogP contribution is 2.22. The molecule has 0 saturated carbocycles. The number of carbonyl (C=O) groups is 1. The molecule has 0 bridgehead atoms. The Balaban J connectivity index is 1.33. The number of amides is 1. The molecule has 0 N–H and O–H groups in total. The second-order valence-electron chi connectivity index (χ2n) is 7.45. The van der Waals surface area contributed by atoms with Crippen LogP contribution in [0.4, 0.5) is 4.39 Å². The molecule has 2 aliphatic rings. The van der Waals surface area contributed by atoms with Gasteiger partial charge >= 0.3 is 0 Å². The molecule has 1 aromatic heterocycles. The lowest BCUT2D eigenvalue weighted by Gasteiger charge is -2.34. The number of aromatic nitrogens is 2. The predicted molar refractivity (Wildman–Crippen MR) is 103 cm³/mol. The summed E-state index contributed by atoms with van der Waals surface area (Å²) in [5, 5.41) is 4.81. The van der Waals surface area contributed by atoms with Crippen LogP contribution in [0.5, 0.6) is 0 Å². The average Bonchev–Trinajstić information content (AvgIpc) is 3.08. The Morgan fingerprint density at radius 1 is 1.18 bits per heavy atom. The largest absolute Gasteiger partial charge is 0.376 e. The molecule has 0 atom stereocenters. The zero-order valence-electron chi connectivity index (χ0n) is 16.4. The minimum absolute atomic E-state index is 0.104. The van der Waals surface area contributed by atoms with Gasteiger partial charge < -0.3 is 9.64 Å². The molecule has 1 fully saturated rings. The Hall–Kier alpha value is -2.25. The van der Waals surface area contributed by atoms with E-state index in [-0.39, 0.29) is 11.7 Å². The van der Waals surface area contributed by atoms with E-state index in [1.165, 1.54) is 23.4 Å². The minimum atomic E-state index is -0.275. The van der Waals surface area contributed by atoms with Crippen LogP contribution in [0.3, 0.4) is 0 Å². The summed E-state index contributed by atoms with van der Waals surface area (Å²) in [7, 11) is 0. The van der Waals surface area contributed by atoms with Crippen LogP contribution in [0.25, 0.3) is 0 Å². The maximum absolute atomic E-state index is 13.0. The van der Waals surface area contributed by atoms with Crippen LogP contribution in [-0.4, -0.2) is 58.3 Å². The van der Waals surface area contributed by atoms with Crippen LogP contribution in [0.1, 0.15) is 29.4 Å². The summed E-state index contributed by atoms with van der Waals surface area (Å²) < 4.78 is 20.8. The number of piperazine rings is 1. The lowest BCUT2D eigenvalue weighted by atomic mass is 10.1. The third-order valence-electron chi connectivity index (χ3n) is 5.65. The van der Waals surface area contributed by atoms with E-state index in [0.717, 1.165) is 50.5 Å². The van der Waals surface area contributed by atoms with E-state index in [9.17, 15) is 9.18 Å². The second kappa shape index (κ2) is 8.41. The number of halogens is 1. The summed E-state index contributed by atoms with van der Waals surface area (Å²) in [4.78, 5) is 16.8. The van der Waals surface area contributed by atoms with E-state index in [0.29, 0.717) is 26.1 Å². The van der Waals surface area contributed by atoms with Gasteiger partial charge in [0.25, 0.3) is 0 Å². The van der Waals surface area contributed by atoms with Gasteiger partial charge in [0.05, 0.1) is 25.3 Å². The van der Waals surface area contributed by atoms with Gasteiger partial charge in [-0.3, -0.25) is 14.4 Å². The number of hydrogen-bond donors (Lipinski definition) is 0. The third kappa shape index (κ3) is 4.10. The third-order valence-corrected chi connectivity index (χ3v) is 5.65. The quantitative estimate of drug-likeness (QED) is 0.789. The van der Waals surface area contributed by atoms with E-state index in [4.69, 9.17) is 9.84 Å². The zero-order valence-corrected chi connectivity index (χ0v) is 16.4. The van der Waals surface area contributed by atoms with Crippen LogP contribution in [0.2, 0.25) is 0 Å². The standard InChI is InChI=1S/C21H27FN4O2/c1-2-26-20-7-12-28-15-18(20)19(23-26)14-24-8-10-25(11-9-24)21(27)13-16-3-5-17(22)6-4-16/h3-6H,2,7-15H2,1H3. The summed E-state index contributed by atoms with van der Waals surface area (Å²) in [6.07, 6.45) is 1.26. The first kappa shape index (κ1) is 19.1. The van der Waals surface area contributed by atoms with Gasteiger partial charge in [0.2, 0.25) is 5.91 Å². The Morgan fingerprint density at radius 2 is 1.93 bits per heavy atom. The SMILES string of the molecule is CCn1nc(CN2CCN(C(=O)Cc3ccc(F)cc3)CC2)c2c1CCOC2. The highest BCUT2D eigenvalue weighted by Gasteiger charge is 2.25. The van der Waals surface area contributed by atoms with Crippen molar-refractivity contribution >= 4 is 5.91 Å². The van der Waals surface area contributed by atoms with Crippen molar-refractivity contribution < 1.29 is 13.9 Å². The van der Waals surface area contributed by atoms with Crippen molar-refractivity contribution in [2.75, 3.05) is 32.8 Å². The molecule has 6 nitrogen and oxygen atoms in total. The number of benzene rings is 1. The summed E-state index contributed by atoms with van der Waals surface area (Å²) in [6.45, 7) is 8.34. The first-order valence-electron chi connectivity index (χ1n) is 10.0. The van der Waals surface area contributed by atoms with Crippen molar-refractivity contribution in [2.24, 2.45) is 0 Å². The molecule has 0 unspecified atom stereocenters. The first-order chi connectivity index (χ1) is 13.6. The van der Waals surface area contributed by atoms with E-state index in [1.54, 1.807) is 12.1 Å². The van der Waals surface area contributed by atoms with Gasteiger partial charge in [-0.15, -0.1) is 0 Å². The van der Waals surface area contributed by atoms with Gasteiger partial charge in [0.1, 0.15) is 5.82 Å². The smallest absolute Gasteiger partial charge is 0.227 e. The number of aryl methyl sites for hydroxylation is 1. The van der Waals surface area contributed by atoms with Crippen molar-refractivity contribution in [1.82, 2.24) is 19.6 Å². The monoisotopic (exact) mass is 386 g/mol. The number of hydrogen-bond acceptors (Lipinski definition) is 4. The van der Waals surface area contributed by atoms with Gasteiger partial charge in [-0.05, 0) is 24.6 Å². The summed E-state index contributed by atoms with van der Waals surface area (Å²) in [5.74, 6) is -0.171. The van der Waals surface area contributed by atoms with E-state index in [1.807, 2.05) is 4.90 Å². The Kier molecular flexibility index (Phi) is 5.73. The molecule has 2 aromatic rings. The highest BCUT2D eigenvalue weighted by atomic mass is 19.1. The predicted octanol–water partition coefficient (Wildman–Crippen LogP) is 2.00. The van der Waals surface area contributed by atoms with E-state index < -0.39 is 0 Å². The molecule has 1 amide bonds. The van der Waals surface area contributed by atoms with Gasteiger partial charge in [-0.25, -0.2) is 4.39 Å². The topological polar surface area (TPSA) is 50.6 Å². The van der Waals surface area contributed by atoms with Crippen molar-refractivity contribution in [1.29, 1.82) is 0 Å². The zero-order chi connectivity index (χ0) is 19.5. The first-order valence-corrected chi connectivity index (χ1v) is 10.0. The second-order valence-corrected chi connectivity index (χ2v) is 7.45. The average molecular weight is 386 g/mol. The molecular weight excluding hydrogens is 359 g/mol. The van der Waals surface area contributed by atoms with Gasteiger partial charge in [-0.2, -0.15) is 5.10 Å². The van der Waals surface area contributed by atoms with E-state index >= 15 is 0 Å². The highest BCUT2D eigenvalue weighted by molar-refractivity contribution is 5.78. The molecule has 4 rings (SSSR count). The fraction of sp³-hybridized carbons (Fsp3) is 0.524. The molecular formula is C21H27FN4O2. The Morgan fingerprint density at radius 3 is 2.64 bits per heavy atom. The fourth-order valence-electron chi connectivity index (χ4n) is 4.02. The molecule has 150 valence electrons. The Bertz CT molecular complexity index is 826. The molecule has 1 saturated heterocycles. The maximum Gasteiger partial charge on any atom is 0.227 e. The lowest BCUT2D eigenvalue weighted by molar-refractivity contribution is -0.132. The van der Waals surface area contributed by atoms with Gasteiger partial charge in [0.15, 0.2) is 0 Å². The molecule has 0 radical (unpaired) electrons. The summed E-state index contributed by atoms with van der Waals surface area (Å²) in [5.41, 5.74) is 4.54. The minimum Gasteiger partial charge on any atom is -0.376 e. The lowest BCUT2D eigenvalue weighted by Crippen LogP contribution is -2.48. The van der Waals surface area contributed by atoms with Crippen molar-refractivity contribution in [3.63, 3.8) is 0 Å². The molecule has 0 spiro atoms. The number of rotatable bonds is 5. The molecule has 1 aromatic carbocycles. The van der Waals surface area contributed by atoms with Crippen LogP contribution >= 0.6 is 0 Å². The van der Waals surface area contributed by atoms with Crippen LogP contribution < -0.4 is 0 Å². The van der Waals surface area contributed by atoms with Gasteiger partial charge in [-0.1, -0.05) is 12.1 Å². The van der Waals surface area contributed by atoms with E-state index in [2.05, 4.69) is 16.5 Å².